The van der Waals surface area contributed by atoms with Crippen molar-refractivity contribution in [2.75, 3.05) is 19.6 Å². The molecule has 2 aliphatic heterocycles. The van der Waals surface area contributed by atoms with Gasteiger partial charge < -0.3 is 14.6 Å². The van der Waals surface area contributed by atoms with E-state index in [9.17, 15) is 9.90 Å². The molecular formula is C22H28N2O2. The van der Waals surface area contributed by atoms with Crippen molar-refractivity contribution in [2.24, 2.45) is 11.8 Å². The summed E-state index contributed by atoms with van der Waals surface area (Å²) in [6, 6.07) is 11.8. The molecule has 1 aromatic carbocycles. The van der Waals surface area contributed by atoms with Crippen LogP contribution in [-0.2, 0) is 13.2 Å². The SMILES string of the molecule is CC(C)CN1C[C@@H]2C[C@H](C1)c1cc(-c3cccc(CO)c3)cc(=O)n1C2. The van der Waals surface area contributed by atoms with E-state index in [1.807, 2.05) is 28.8 Å². The van der Waals surface area contributed by atoms with E-state index >= 15 is 0 Å². The van der Waals surface area contributed by atoms with Gasteiger partial charge in [0.15, 0.2) is 0 Å². The highest BCUT2D eigenvalue weighted by molar-refractivity contribution is 5.64. The van der Waals surface area contributed by atoms with Crippen molar-refractivity contribution in [3.63, 3.8) is 0 Å². The van der Waals surface area contributed by atoms with Crippen molar-refractivity contribution in [1.29, 1.82) is 0 Å². The van der Waals surface area contributed by atoms with E-state index in [4.69, 9.17) is 0 Å². The van der Waals surface area contributed by atoms with E-state index in [1.165, 1.54) is 12.1 Å². The third-order valence-electron chi connectivity index (χ3n) is 5.70. The van der Waals surface area contributed by atoms with Crippen LogP contribution in [0.5, 0.6) is 0 Å². The highest BCUT2D eigenvalue weighted by Crippen LogP contribution is 2.36. The summed E-state index contributed by atoms with van der Waals surface area (Å²) in [5.74, 6) is 1.69. The molecule has 1 saturated heterocycles. The van der Waals surface area contributed by atoms with Gasteiger partial charge in [0.05, 0.1) is 6.61 Å². The van der Waals surface area contributed by atoms with Gasteiger partial charge in [-0.25, -0.2) is 0 Å². The summed E-state index contributed by atoms with van der Waals surface area (Å²) in [5.41, 5.74) is 4.15. The number of piperidine rings is 1. The van der Waals surface area contributed by atoms with Crippen LogP contribution in [0.1, 0.15) is 37.4 Å². The highest BCUT2D eigenvalue weighted by Gasteiger charge is 2.34. The zero-order chi connectivity index (χ0) is 18.3. The number of pyridine rings is 1. The second kappa shape index (κ2) is 7.01. The van der Waals surface area contributed by atoms with Gasteiger partial charge >= 0.3 is 0 Å². The molecule has 2 aromatic rings. The molecule has 2 aliphatic rings. The monoisotopic (exact) mass is 352 g/mol. The molecule has 3 heterocycles. The number of hydrogen-bond acceptors (Lipinski definition) is 3. The number of aromatic nitrogens is 1. The highest BCUT2D eigenvalue weighted by atomic mass is 16.3. The summed E-state index contributed by atoms with van der Waals surface area (Å²) in [5, 5.41) is 9.40. The van der Waals surface area contributed by atoms with Gasteiger partial charge in [-0.15, -0.1) is 0 Å². The molecule has 0 aliphatic carbocycles. The molecule has 0 unspecified atom stereocenters. The van der Waals surface area contributed by atoms with Gasteiger partial charge in [-0.05, 0) is 47.1 Å². The van der Waals surface area contributed by atoms with Crippen molar-refractivity contribution in [2.45, 2.75) is 39.3 Å². The number of likely N-dealkylation sites (tertiary alicyclic amines) is 1. The fourth-order valence-electron chi connectivity index (χ4n) is 4.74. The molecule has 0 spiro atoms. The summed E-state index contributed by atoms with van der Waals surface area (Å²) in [6.07, 6.45) is 1.19. The minimum absolute atomic E-state index is 0.0201. The second-order valence-corrected chi connectivity index (χ2v) is 8.39. The van der Waals surface area contributed by atoms with Crippen molar-refractivity contribution in [1.82, 2.24) is 9.47 Å². The molecule has 1 N–H and O–H groups in total. The Kier molecular flexibility index (Phi) is 4.72. The Labute approximate surface area is 155 Å². The number of nitrogens with zero attached hydrogens (tertiary/aromatic N) is 2. The van der Waals surface area contributed by atoms with Crippen LogP contribution >= 0.6 is 0 Å². The topological polar surface area (TPSA) is 45.5 Å². The molecule has 2 bridgehead atoms. The van der Waals surface area contributed by atoms with Crippen molar-refractivity contribution in [3.05, 3.63) is 58.0 Å². The molecule has 4 heteroatoms. The standard InChI is InChI=1S/C22H28N2O2/c1-15(2)10-23-11-17-7-20(13-23)21-8-19(9-22(26)24(21)12-17)18-5-3-4-16(6-18)14-25/h3-6,8-9,15,17,20,25H,7,10-14H2,1-2H3/t17-,20+/m0/s1. The predicted molar refractivity (Wildman–Crippen MR) is 104 cm³/mol. The maximum atomic E-state index is 12.8. The lowest BCUT2D eigenvalue weighted by Crippen LogP contribution is -2.48. The van der Waals surface area contributed by atoms with Crippen LogP contribution in [0.2, 0.25) is 0 Å². The molecule has 26 heavy (non-hydrogen) atoms. The number of aliphatic hydroxyl groups excluding tert-OH is 1. The first-order valence-corrected chi connectivity index (χ1v) is 9.70. The van der Waals surface area contributed by atoms with Crippen molar-refractivity contribution < 1.29 is 5.11 Å². The molecule has 1 fully saturated rings. The van der Waals surface area contributed by atoms with E-state index in [2.05, 4.69) is 24.8 Å². The van der Waals surface area contributed by atoms with Gasteiger partial charge in [-0.1, -0.05) is 32.0 Å². The zero-order valence-electron chi connectivity index (χ0n) is 15.7. The van der Waals surface area contributed by atoms with Gasteiger partial charge in [0, 0.05) is 43.9 Å². The fourth-order valence-corrected chi connectivity index (χ4v) is 4.74. The van der Waals surface area contributed by atoms with Crippen LogP contribution in [0.3, 0.4) is 0 Å². The van der Waals surface area contributed by atoms with Crippen LogP contribution in [0.15, 0.2) is 41.2 Å². The minimum Gasteiger partial charge on any atom is -0.392 e. The van der Waals surface area contributed by atoms with Gasteiger partial charge in [0.25, 0.3) is 5.56 Å². The molecule has 4 rings (SSSR count). The van der Waals surface area contributed by atoms with E-state index in [0.717, 1.165) is 42.9 Å². The molecule has 4 nitrogen and oxygen atoms in total. The number of aliphatic hydroxyl groups is 1. The normalized spacial score (nSPS) is 22.5. The lowest BCUT2D eigenvalue weighted by Gasteiger charge is -2.43. The number of rotatable bonds is 4. The third-order valence-corrected chi connectivity index (χ3v) is 5.70. The van der Waals surface area contributed by atoms with Crippen LogP contribution in [-0.4, -0.2) is 34.2 Å². The smallest absolute Gasteiger partial charge is 0.251 e. The summed E-state index contributed by atoms with van der Waals surface area (Å²) in [6.45, 7) is 8.71. The first-order chi connectivity index (χ1) is 12.5. The molecule has 1 aromatic heterocycles. The Hall–Kier alpha value is -1.91. The van der Waals surface area contributed by atoms with Crippen LogP contribution in [0.25, 0.3) is 11.1 Å². The van der Waals surface area contributed by atoms with Crippen molar-refractivity contribution in [3.8, 4) is 11.1 Å². The minimum atomic E-state index is 0.0201. The average molecular weight is 352 g/mol. The summed E-state index contributed by atoms with van der Waals surface area (Å²) >= 11 is 0. The Bertz CT molecular complexity index is 855. The summed E-state index contributed by atoms with van der Waals surface area (Å²) < 4.78 is 2.00. The van der Waals surface area contributed by atoms with E-state index in [-0.39, 0.29) is 12.2 Å². The van der Waals surface area contributed by atoms with E-state index in [0.29, 0.717) is 17.8 Å². The van der Waals surface area contributed by atoms with Gasteiger partial charge in [0.2, 0.25) is 0 Å². The van der Waals surface area contributed by atoms with E-state index in [1.54, 1.807) is 6.07 Å². The van der Waals surface area contributed by atoms with Crippen LogP contribution in [0, 0.1) is 11.8 Å². The van der Waals surface area contributed by atoms with Crippen molar-refractivity contribution >= 4 is 0 Å². The Balaban J connectivity index is 1.71. The Morgan fingerprint density at radius 3 is 2.73 bits per heavy atom. The molecule has 0 amide bonds. The second-order valence-electron chi connectivity index (χ2n) is 8.39. The predicted octanol–water partition coefficient (Wildman–Crippen LogP) is 3.08. The Morgan fingerprint density at radius 1 is 1.12 bits per heavy atom. The Morgan fingerprint density at radius 2 is 1.96 bits per heavy atom. The molecule has 2 atom stereocenters. The number of fused-ring (bicyclic) bond motifs is 4. The van der Waals surface area contributed by atoms with E-state index < -0.39 is 0 Å². The summed E-state index contributed by atoms with van der Waals surface area (Å²) in [7, 11) is 0. The van der Waals surface area contributed by atoms with Crippen LogP contribution in [0.4, 0.5) is 0 Å². The maximum Gasteiger partial charge on any atom is 0.251 e. The maximum absolute atomic E-state index is 12.8. The first-order valence-electron chi connectivity index (χ1n) is 9.70. The van der Waals surface area contributed by atoms with Gasteiger partial charge in [-0.2, -0.15) is 0 Å². The average Bonchev–Trinajstić information content (AvgIpc) is 2.62. The largest absolute Gasteiger partial charge is 0.392 e. The van der Waals surface area contributed by atoms with Gasteiger partial charge in [0.1, 0.15) is 0 Å². The molecule has 0 saturated carbocycles. The first kappa shape index (κ1) is 17.5. The molecular weight excluding hydrogens is 324 g/mol. The van der Waals surface area contributed by atoms with Gasteiger partial charge in [-0.3, -0.25) is 4.79 Å². The molecule has 138 valence electrons. The molecule has 0 radical (unpaired) electrons. The number of benzene rings is 1. The van der Waals surface area contributed by atoms with Crippen LogP contribution < -0.4 is 5.56 Å². The number of hydrogen-bond donors (Lipinski definition) is 1. The summed E-state index contributed by atoms with van der Waals surface area (Å²) in [4.78, 5) is 15.4. The third kappa shape index (κ3) is 3.36. The fraction of sp³-hybridized carbons (Fsp3) is 0.500. The zero-order valence-corrected chi connectivity index (χ0v) is 15.7. The quantitative estimate of drug-likeness (QED) is 0.920. The lowest BCUT2D eigenvalue weighted by atomic mass is 9.82. The lowest BCUT2D eigenvalue weighted by molar-refractivity contribution is 0.109.